The fourth-order valence-corrected chi connectivity index (χ4v) is 3.53. The van der Waals surface area contributed by atoms with Crippen LogP contribution in [0.3, 0.4) is 0 Å². The van der Waals surface area contributed by atoms with Gasteiger partial charge in [-0.2, -0.15) is 0 Å². The van der Waals surface area contributed by atoms with Gasteiger partial charge in [0.05, 0.1) is 0 Å². The predicted molar refractivity (Wildman–Crippen MR) is 112 cm³/mol. The Hall–Kier alpha value is -2.50. The molecule has 0 saturated heterocycles. The molecule has 2 fully saturated rings. The Balaban J connectivity index is 1.31. The highest BCUT2D eigenvalue weighted by Gasteiger charge is 2.37. The molecule has 2 N–H and O–H groups in total. The van der Waals surface area contributed by atoms with Crippen LogP contribution in [0.2, 0.25) is 0 Å². The lowest BCUT2D eigenvalue weighted by Gasteiger charge is -2.29. The van der Waals surface area contributed by atoms with Gasteiger partial charge in [0.15, 0.2) is 0 Å². The molecule has 2 aliphatic rings. The highest BCUT2D eigenvalue weighted by Crippen LogP contribution is 2.32. The number of nitrogens with one attached hydrogen (secondary N) is 2. The molecule has 1 aromatic rings. The van der Waals surface area contributed by atoms with Crippen molar-refractivity contribution in [3.63, 3.8) is 0 Å². The monoisotopic (exact) mass is 400 g/mol. The molecule has 2 saturated carbocycles. The number of ether oxygens (including phenoxy) is 2. The smallest absolute Gasteiger partial charge is 0.407 e. The Morgan fingerprint density at radius 3 is 2.34 bits per heavy atom. The van der Waals surface area contributed by atoms with E-state index in [-0.39, 0.29) is 30.4 Å². The second-order valence-corrected chi connectivity index (χ2v) is 8.95. The first-order valence-electron chi connectivity index (χ1n) is 10.5. The van der Waals surface area contributed by atoms with Gasteiger partial charge in [0, 0.05) is 12.1 Å². The van der Waals surface area contributed by atoms with Gasteiger partial charge in [0.1, 0.15) is 11.7 Å². The van der Waals surface area contributed by atoms with Gasteiger partial charge in [-0.05, 0) is 64.4 Å². The summed E-state index contributed by atoms with van der Waals surface area (Å²) >= 11 is 0. The summed E-state index contributed by atoms with van der Waals surface area (Å²) in [5, 5.41) is 5.85. The van der Waals surface area contributed by atoms with Gasteiger partial charge in [-0.15, -0.1) is 0 Å². The second kappa shape index (κ2) is 9.33. The summed E-state index contributed by atoms with van der Waals surface area (Å²) in [7, 11) is 0. The first kappa shape index (κ1) is 21.2. The molecule has 2 atom stereocenters. The quantitative estimate of drug-likeness (QED) is 0.754. The summed E-state index contributed by atoms with van der Waals surface area (Å²) in [6, 6.07) is 10.4. The maximum atomic E-state index is 12.2. The summed E-state index contributed by atoms with van der Waals surface area (Å²) in [5.41, 5.74) is 0.664. The minimum absolute atomic E-state index is 0.0729. The number of rotatable bonds is 5. The van der Waals surface area contributed by atoms with Crippen molar-refractivity contribution in [2.45, 2.75) is 76.7 Å². The van der Waals surface area contributed by atoms with Crippen LogP contribution in [-0.4, -0.2) is 36.0 Å². The van der Waals surface area contributed by atoms with Gasteiger partial charge in [0.25, 0.3) is 0 Å². The van der Waals surface area contributed by atoms with Gasteiger partial charge in [0.2, 0.25) is 0 Å². The minimum Gasteiger partial charge on any atom is -0.446 e. The molecule has 3 rings (SSSR count). The summed E-state index contributed by atoms with van der Waals surface area (Å²) < 4.78 is 10.9. The fourth-order valence-electron chi connectivity index (χ4n) is 3.53. The van der Waals surface area contributed by atoms with E-state index in [1.54, 1.807) is 0 Å². The Morgan fingerprint density at radius 2 is 1.69 bits per heavy atom. The minimum atomic E-state index is -0.501. The highest BCUT2D eigenvalue weighted by atomic mass is 16.6. The topological polar surface area (TPSA) is 76.7 Å². The van der Waals surface area contributed by atoms with E-state index < -0.39 is 5.60 Å². The molecule has 6 nitrogen and oxygen atoms in total. The van der Waals surface area contributed by atoms with Crippen LogP contribution in [0, 0.1) is 5.92 Å². The van der Waals surface area contributed by atoms with Crippen LogP contribution in [0.1, 0.15) is 58.4 Å². The molecule has 0 radical (unpaired) electrons. The van der Waals surface area contributed by atoms with Gasteiger partial charge in [-0.1, -0.05) is 42.5 Å². The lowest BCUT2D eigenvalue weighted by Crippen LogP contribution is -2.42. The standard InChI is InChI=1S/C23H32N2O4/c1-23(2,3)29-22(27)24-18-11-13-19(14-12-18)28-21(26)25-20-15-17(20)10-9-16-7-5-4-6-8-16/h4-10,17-20H,11-15H2,1-3H3,(H,24,27)(H,25,26)/b10-9+. The zero-order valence-electron chi connectivity index (χ0n) is 17.5. The molecule has 0 aromatic heterocycles. The van der Waals surface area contributed by atoms with Crippen molar-refractivity contribution in [2.24, 2.45) is 5.92 Å². The lowest BCUT2D eigenvalue weighted by atomic mass is 9.93. The van der Waals surface area contributed by atoms with E-state index in [2.05, 4.69) is 34.9 Å². The Kier molecular flexibility index (Phi) is 6.83. The third-order valence-corrected chi connectivity index (χ3v) is 5.15. The SMILES string of the molecule is CC(C)(C)OC(=O)NC1CCC(OC(=O)NC2CC2/C=C/c2ccccc2)CC1. The number of hydrogen-bond donors (Lipinski definition) is 2. The van der Waals surface area contributed by atoms with Gasteiger partial charge in [-0.25, -0.2) is 9.59 Å². The van der Waals surface area contributed by atoms with Crippen molar-refractivity contribution in [3.05, 3.63) is 42.0 Å². The number of benzene rings is 1. The van der Waals surface area contributed by atoms with E-state index in [0.717, 1.165) is 37.7 Å². The number of carbonyl (C=O) groups excluding carboxylic acids is 2. The molecule has 2 unspecified atom stereocenters. The zero-order valence-corrected chi connectivity index (χ0v) is 17.5. The van der Waals surface area contributed by atoms with Crippen LogP contribution >= 0.6 is 0 Å². The van der Waals surface area contributed by atoms with Crippen LogP contribution in [0.15, 0.2) is 36.4 Å². The summed E-state index contributed by atoms with van der Waals surface area (Å²) in [4.78, 5) is 24.0. The van der Waals surface area contributed by atoms with E-state index in [1.807, 2.05) is 39.0 Å². The first-order chi connectivity index (χ1) is 13.8. The van der Waals surface area contributed by atoms with Crippen molar-refractivity contribution in [1.29, 1.82) is 0 Å². The summed E-state index contributed by atoms with van der Waals surface area (Å²) in [5.74, 6) is 0.372. The highest BCUT2D eigenvalue weighted by molar-refractivity contribution is 5.69. The number of amides is 2. The van der Waals surface area contributed by atoms with Crippen LogP contribution in [0.25, 0.3) is 6.08 Å². The number of hydrogen-bond acceptors (Lipinski definition) is 4. The third-order valence-electron chi connectivity index (χ3n) is 5.15. The largest absolute Gasteiger partial charge is 0.446 e. The summed E-state index contributed by atoms with van der Waals surface area (Å²) in [6.45, 7) is 5.54. The Labute approximate surface area is 173 Å². The maximum absolute atomic E-state index is 12.2. The van der Waals surface area contributed by atoms with Gasteiger partial charge in [-0.3, -0.25) is 0 Å². The van der Waals surface area contributed by atoms with E-state index in [4.69, 9.17) is 9.47 Å². The van der Waals surface area contributed by atoms with Crippen LogP contribution in [0.4, 0.5) is 9.59 Å². The van der Waals surface area contributed by atoms with Crippen molar-refractivity contribution in [2.75, 3.05) is 0 Å². The predicted octanol–water partition coefficient (Wildman–Crippen LogP) is 4.65. The van der Waals surface area contributed by atoms with Crippen molar-refractivity contribution in [1.82, 2.24) is 10.6 Å². The van der Waals surface area contributed by atoms with Crippen LogP contribution in [0.5, 0.6) is 0 Å². The molecule has 6 heteroatoms. The molecule has 0 aliphatic heterocycles. The van der Waals surface area contributed by atoms with E-state index in [0.29, 0.717) is 5.92 Å². The number of carbonyl (C=O) groups is 2. The molecule has 0 bridgehead atoms. The van der Waals surface area contributed by atoms with Gasteiger partial charge >= 0.3 is 12.2 Å². The molecule has 29 heavy (non-hydrogen) atoms. The normalized spacial score (nSPS) is 26.6. The first-order valence-corrected chi connectivity index (χ1v) is 10.5. The van der Waals surface area contributed by atoms with Crippen LogP contribution < -0.4 is 10.6 Å². The van der Waals surface area contributed by atoms with Crippen molar-refractivity contribution in [3.8, 4) is 0 Å². The average molecular weight is 401 g/mol. The van der Waals surface area contributed by atoms with Gasteiger partial charge < -0.3 is 20.1 Å². The molecule has 2 amide bonds. The Morgan fingerprint density at radius 1 is 1.00 bits per heavy atom. The van der Waals surface area contributed by atoms with Crippen molar-refractivity contribution >= 4 is 18.3 Å². The van der Waals surface area contributed by atoms with Crippen LogP contribution in [-0.2, 0) is 9.47 Å². The fraction of sp³-hybridized carbons (Fsp3) is 0.565. The van der Waals surface area contributed by atoms with Crippen molar-refractivity contribution < 1.29 is 19.1 Å². The molecule has 2 aliphatic carbocycles. The molecule has 0 heterocycles. The van der Waals surface area contributed by atoms with E-state index in [1.165, 1.54) is 0 Å². The summed E-state index contributed by atoms with van der Waals surface area (Å²) in [6.07, 6.45) is 7.42. The third kappa shape index (κ3) is 7.44. The Bertz CT molecular complexity index is 718. The van der Waals surface area contributed by atoms with E-state index in [9.17, 15) is 9.59 Å². The average Bonchev–Trinajstić information content (AvgIpc) is 3.38. The molecule has 1 aromatic carbocycles. The maximum Gasteiger partial charge on any atom is 0.407 e. The molecular formula is C23H32N2O4. The van der Waals surface area contributed by atoms with E-state index >= 15 is 0 Å². The number of alkyl carbamates (subject to hydrolysis) is 2. The second-order valence-electron chi connectivity index (χ2n) is 8.95. The zero-order chi connectivity index (χ0) is 20.9. The molecule has 0 spiro atoms. The molecular weight excluding hydrogens is 368 g/mol. The lowest BCUT2D eigenvalue weighted by molar-refractivity contribution is 0.0424. The molecule has 158 valence electrons.